The molecule has 1 N–H and O–H groups in total. The molecule has 7 heteroatoms. The predicted molar refractivity (Wildman–Crippen MR) is 131 cm³/mol. The fourth-order valence-electron chi connectivity index (χ4n) is 4.38. The minimum Gasteiger partial charge on any atom is -0.497 e. The molecular formula is C27H33N3O4. The Hall–Kier alpha value is -3.32. The van der Waals surface area contributed by atoms with Gasteiger partial charge in [-0.3, -0.25) is 4.79 Å². The zero-order valence-corrected chi connectivity index (χ0v) is 20.1. The van der Waals surface area contributed by atoms with Gasteiger partial charge < -0.3 is 24.2 Å². The van der Waals surface area contributed by atoms with Gasteiger partial charge >= 0.3 is 0 Å². The maximum atomic E-state index is 12.6. The van der Waals surface area contributed by atoms with E-state index in [1.54, 1.807) is 13.2 Å². The number of hydrogen-bond acceptors (Lipinski definition) is 6. The normalized spacial score (nSPS) is 18.4. The quantitative estimate of drug-likeness (QED) is 0.485. The average Bonchev–Trinajstić information content (AvgIpc) is 3.36. The molecule has 0 spiro atoms. The van der Waals surface area contributed by atoms with Gasteiger partial charge in [0, 0.05) is 30.8 Å². The molecule has 180 valence electrons. The van der Waals surface area contributed by atoms with Crippen LogP contribution in [0.1, 0.15) is 48.7 Å². The van der Waals surface area contributed by atoms with Crippen LogP contribution in [0.2, 0.25) is 0 Å². The molecule has 3 aromatic rings. The zero-order chi connectivity index (χ0) is 23.9. The number of ether oxygens (including phenoxy) is 2. The van der Waals surface area contributed by atoms with Crippen LogP contribution in [0.3, 0.4) is 0 Å². The number of nitrogens with one attached hydrogen (secondary N) is 1. The lowest BCUT2D eigenvalue weighted by atomic mass is 9.96. The smallest absolute Gasteiger partial charge is 0.273 e. The van der Waals surface area contributed by atoms with Gasteiger partial charge in [-0.1, -0.05) is 30.6 Å². The highest BCUT2D eigenvalue weighted by Gasteiger charge is 2.26. The Morgan fingerprint density at radius 2 is 2.00 bits per heavy atom. The maximum Gasteiger partial charge on any atom is 0.273 e. The summed E-state index contributed by atoms with van der Waals surface area (Å²) in [7, 11) is 3.82. The van der Waals surface area contributed by atoms with Crippen LogP contribution >= 0.6 is 0 Å². The van der Waals surface area contributed by atoms with Gasteiger partial charge in [0.15, 0.2) is 11.5 Å². The molecule has 1 aliphatic heterocycles. The van der Waals surface area contributed by atoms with Crippen molar-refractivity contribution in [3.05, 3.63) is 65.9 Å². The Balaban J connectivity index is 1.32. The molecule has 2 aromatic carbocycles. The van der Waals surface area contributed by atoms with E-state index in [1.807, 2.05) is 48.5 Å². The fourth-order valence-corrected chi connectivity index (χ4v) is 4.38. The fraction of sp³-hybridized carbons (Fsp3) is 0.407. The van der Waals surface area contributed by atoms with Crippen molar-refractivity contribution < 1.29 is 18.8 Å². The third-order valence-corrected chi connectivity index (χ3v) is 6.36. The number of benzene rings is 2. The van der Waals surface area contributed by atoms with Crippen molar-refractivity contribution in [3.8, 4) is 22.8 Å². The van der Waals surface area contributed by atoms with E-state index in [0.717, 1.165) is 42.0 Å². The second-order valence-corrected chi connectivity index (χ2v) is 8.82. The summed E-state index contributed by atoms with van der Waals surface area (Å²) in [4.78, 5) is 15.0. The van der Waals surface area contributed by atoms with Crippen molar-refractivity contribution in [1.29, 1.82) is 0 Å². The first-order valence-corrected chi connectivity index (χ1v) is 11.9. The van der Waals surface area contributed by atoms with E-state index < -0.39 is 0 Å². The lowest BCUT2D eigenvalue weighted by molar-refractivity contribution is 0.0677. The molecule has 2 heterocycles. The van der Waals surface area contributed by atoms with Gasteiger partial charge in [0.05, 0.1) is 7.11 Å². The Morgan fingerprint density at radius 3 is 2.76 bits per heavy atom. The number of carbonyl (C=O) groups is 1. The first kappa shape index (κ1) is 23.8. The first-order valence-electron chi connectivity index (χ1n) is 11.9. The van der Waals surface area contributed by atoms with Crippen molar-refractivity contribution in [1.82, 2.24) is 15.4 Å². The Kier molecular flexibility index (Phi) is 7.85. The summed E-state index contributed by atoms with van der Waals surface area (Å²) < 4.78 is 16.8. The summed E-state index contributed by atoms with van der Waals surface area (Å²) in [5.74, 6) is 1.85. The number of amides is 1. The summed E-state index contributed by atoms with van der Waals surface area (Å²) in [5, 5.41) is 6.84. The topological polar surface area (TPSA) is 76.8 Å². The molecule has 0 radical (unpaired) electrons. The lowest BCUT2D eigenvalue weighted by Crippen LogP contribution is -2.43. The third-order valence-electron chi connectivity index (χ3n) is 6.36. The van der Waals surface area contributed by atoms with Crippen LogP contribution < -0.4 is 14.8 Å². The molecule has 7 nitrogen and oxygen atoms in total. The molecule has 1 aliphatic rings. The van der Waals surface area contributed by atoms with Gasteiger partial charge in [0.2, 0.25) is 0 Å². The van der Waals surface area contributed by atoms with Crippen molar-refractivity contribution in [2.24, 2.45) is 0 Å². The molecule has 1 amide bonds. The highest BCUT2D eigenvalue weighted by atomic mass is 16.5. The van der Waals surface area contributed by atoms with Crippen LogP contribution in [-0.2, 0) is 6.54 Å². The SMILES string of the molecule is CCCC1CC(Oc2cccc(CNC(=O)c3cc(-c4ccc(OC)cc4)on3)c2)CCN1C. The zero-order valence-electron chi connectivity index (χ0n) is 20.1. The Labute approximate surface area is 201 Å². The first-order chi connectivity index (χ1) is 16.6. The van der Waals surface area contributed by atoms with Crippen LogP contribution in [0.25, 0.3) is 11.3 Å². The van der Waals surface area contributed by atoms with Gasteiger partial charge in [0.1, 0.15) is 17.6 Å². The maximum absolute atomic E-state index is 12.6. The number of piperidine rings is 1. The van der Waals surface area contributed by atoms with Crippen molar-refractivity contribution in [2.45, 2.75) is 51.3 Å². The van der Waals surface area contributed by atoms with Crippen molar-refractivity contribution in [3.63, 3.8) is 0 Å². The molecule has 0 saturated carbocycles. The molecule has 4 rings (SSSR count). The lowest BCUT2D eigenvalue weighted by Gasteiger charge is -2.37. The number of methoxy groups -OCH3 is 1. The van der Waals surface area contributed by atoms with Gasteiger partial charge in [-0.2, -0.15) is 0 Å². The van der Waals surface area contributed by atoms with E-state index in [9.17, 15) is 4.79 Å². The van der Waals surface area contributed by atoms with Crippen LogP contribution in [0.5, 0.6) is 11.5 Å². The average molecular weight is 464 g/mol. The molecule has 0 bridgehead atoms. The van der Waals surface area contributed by atoms with Crippen molar-refractivity contribution >= 4 is 5.91 Å². The molecule has 2 unspecified atom stereocenters. The highest BCUT2D eigenvalue weighted by Crippen LogP contribution is 2.25. The highest BCUT2D eigenvalue weighted by molar-refractivity contribution is 5.93. The van der Waals surface area contributed by atoms with Crippen LogP contribution in [0, 0.1) is 0 Å². The van der Waals surface area contributed by atoms with E-state index >= 15 is 0 Å². The molecule has 1 aromatic heterocycles. The predicted octanol–water partition coefficient (Wildman–Crippen LogP) is 4.92. The number of rotatable bonds is 9. The van der Waals surface area contributed by atoms with E-state index in [1.165, 1.54) is 12.8 Å². The van der Waals surface area contributed by atoms with Crippen LogP contribution in [-0.4, -0.2) is 48.8 Å². The number of nitrogens with zero attached hydrogens (tertiary/aromatic N) is 2. The van der Waals surface area contributed by atoms with E-state index in [-0.39, 0.29) is 17.7 Å². The number of aromatic nitrogens is 1. The van der Waals surface area contributed by atoms with E-state index in [2.05, 4.69) is 29.3 Å². The summed E-state index contributed by atoms with van der Waals surface area (Å²) in [6, 6.07) is 17.5. The van der Waals surface area contributed by atoms with Crippen molar-refractivity contribution in [2.75, 3.05) is 20.7 Å². The molecule has 0 aliphatic carbocycles. The van der Waals surface area contributed by atoms with Crippen LogP contribution in [0.15, 0.2) is 59.1 Å². The molecule has 2 atom stereocenters. The Bertz CT molecular complexity index is 1080. The minimum atomic E-state index is -0.285. The summed E-state index contributed by atoms with van der Waals surface area (Å²) >= 11 is 0. The van der Waals surface area contributed by atoms with Crippen LogP contribution in [0.4, 0.5) is 0 Å². The van der Waals surface area contributed by atoms with E-state index in [4.69, 9.17) is 14.0 Å². The van der Waals surface area contributed by atoms with Gasteiger partial charge in [-0.25, -0.2) is 0 Å². The number of carbonyl (C=O) groups excluding carboxylic acids is 1. The molecule has 34 heavy (non-hydrogen) atoms. The largest absolute Gasteiger partial charge is 0.497 e. The van der Waals surface area contributed by atoms with Gasteiger partial charge in [0.25, 0.3) is 5.91 Å². The monoisotopic (exact) mass is 463 g/mol. The molecule has 1 fully saturated rings. The summed E-state index contributed by atoms with van der Waals surface area (Å²) in [5.41, 5.74) is 2.04. The Morgan fingerprint density at radius 1 is 1.18 bits per heavy atom. The number of hydrogen-bond donors (Lipinski definition) is 1. The standard InChI is InChI=1S/C27H33N3O4/c1-4-6-21-16-24(13-14-30(21)2)33-23-8-5-7-19(15-23)18-28-27(31)25-17-26(34-29-25)20-9-11-22(32-3)12-10-20/h5,7-12,15,17,21,24H,4,6,13-14,16,18H2,1-3H3,(H,28,31). The number of likely N-dealkylation sites (tertiary alicyclic amines) is 1. The molecule has 1 saturated heterocycles. The van der Waals surface area contributed by atoms with Gasteiger partial charge in [-0.05, 0) is 68.3 Å². The second kappa shape index (κ2) is 11.2. The second-order valence-electron chi connectivity index (χ2n) is 8.82. The van der Waals surface area contributed by atoms with Gasteiger partial charge in [-0.15, -0.1) is 0 Å². The molecular weight excluding hydrogens is 430 g/mol. The van der Waals surface area contributed by atoms with E-state index in [0.29, 0.717) is 18.3 Å². The third kappa shape index (κ3) is 5.97. The summed E-state index contributed by atoms with van der Waals surface area (Å²) in [6.07, 6.45) is 4.69. The minimum absolute atomic E-state index is 0.226. The summed E-state index contributed by atoms with van der Waals surface area (Å²) in [6.45, 7) is 3.67.